The van der Waals surface area contributed by atoms with Gasteiger partial charge in [-0.2, -0.15) is 0 Å². The zero-order valence-corrected chi connectivity index (χ0v) is 12.2. The number of amides is 1. The minimum Gasteiger partial charge on any atom is -0.378 e. The van der Waals surface area contributed by atoms with Crippen molar-refractivity contribution in [3.63, 3.8) is 0 Å². The molecule has 0 bridgehead atoms. The third-order valence-electron chi connectivity index (χ3n) is 3.75. The third-order valence-corrected chi connectivity index (χ3v) is 3.75. The summed E-state index contributed by atoms with van der Waals surface area (Å²) < 4.78 is 5.33. The summed E-state index contributed by atoms with van der Waals surface area (Å²) in [7, 11) is 0. The van der Waals surface area contributed by atoms with Gasteiger partial charge in [-0.05, 0) is 37.6 Å². The minimum atomic E-state index is -0.830. The summed E-state index contributed by atoms with van der Waals surface area (Å²) >= 11 is 0. The zero-order valence-electron chi connectivity index (χ0n) is 12.2. The van der Waals surface area contributed by atoms with E-state index in [0.29, 0.717) is 6.42 Å². The van der Waals surface area contributed by atoms with Crippen LogP contribution in [0.4, 0.5) is 11.4 Å². The Morgan fingerprint density at radius 3 is 2.50 bits per heavy atom. The molecule has 1 fully saturated rings. The molecule has 1 heterocycles. The Kier molecular flexibility index (Phi) is 4.62. The van der Waals surface area contributed by atoms with E-state index in [1.54, 1.807) is 6.92 Å². The second kappa shape index (κ2) is 6.24. The third kappa shape index (κ3) is 3.49. The van der Waals surface area contributed by atoms with Gasteiger partial charge in [-0.1, -0.05) is 6.92 Å². The van der Waals surface area contributed by atoms with Crippen LogP contribution in [0.3, 0.4) is 0 Å². The number of carbonyl (C=O) groups excluding carboxylic acids is 1. The molecule has 1 aromatic carbocycles. The molecule has 3 N–H and O–H groups in total. The standard InChI is InChI=1S/C15H23N3O2/c1-3-15(2,16)14(19)17-12-4-6-13(7-5-12)18-8-10-20-11-9-18/h4-7H,3,8-11,16H2,1-2H3,(H,17,19). The van der Waals surface area contributed by atoms with Crippen LogP contribution in [0.25, 0.3) is 0 Å². The van der Waals surface area contributed by atoms with Gasteiger partial charge in [-0.25, -0.2) is 0 Å². The molecule has 5 nitrogen and oxygen atoms in total. The lowest BCUT2D eigenvalue weighted by molar-refractivity contribution is -0.120. The van der Waals surface area contributed by atoms with Crippen LogP contribution in [0.1, 0.15) is 20.3 Å². The Morgan fingerprint density at radius 2 is 1.95 bits per heavy atom. The molecular formula is C15H23N3O2. The van der Waals surface area contributed by atoms with E-state index in [1.807, 2.05) is 31.2 Å². The molecule has 0 aliphatic carbocycles. The maximum Gasteiger partial charge on any atom is 0.244 e. The monoisotopic (exact) mass is 277 g/mol. The van der Waals surface area contributed by atoms with E-state index in [0.717, 1.165) is 37.7 Å². The number of anilines is 2. The average molecular weight is 277 g/mol. The van der Waals surface area contributed by atoms with Gasteiger partial charge in [0.1, 0.15) is 0 Å². The highest BCUT2D eigenvalue weighted by Crippen LogP contribution is 2.20. The van der Waals surface area contributed by atoms with E-state index in [4.69, 9.17) is 10.5 Å². The molecule has 110 valence electrons. The van der Waals surface area contributed by atoms with Gasteiger partial charge in [0, 0.05) is 24.5 Å². The van der Waals surface area contributed by atoms with Crippen LogP contribution in [-0.4, -0.2) is 37.7 Å². The summed E-state index contributed by atoms with van der Waals surface area (Å²) in [5.41, 5.74) is 7.01. The summed E-state index contributed by atoms with van der Waals surface area (Å²) in [6.45, 7) is 6.98. The first-order valence-electron chi connectivity index (χ1n) is 7.06. The SMILES string of the molecule is CCC(C)(N)C(=O)Nc1ccc(N2CCOCC2)cc1. The van der Waals surface area contributed by atoms with Crippen molar-refractivity contribution < 1.29 is 9.53 Å². The van der Waals surface area contributed by atoms with Crippen molar-refractivity contribution in [2.45, 2.75) is 25.8 Å². The van der Waals surface area contributed by atoms with E-state index in [9.17, 15) is 4.79 Å². The van der Waals surface area contributed by atoms with Crippen molar-refractivity contribution in [3.05, 3.63) is 24.3 Å². The number of hydrogen-bond acceptors (Lipinski definition) is 4. The molecule has 1 aliphatic rings. The summed E-state index contributed by atoms with van der Waals surface area (Å²) in [4.78, 5) is 14.3. The van der Waals surface area contributed by atoms with Gasteiger partial charge in [0.05, 0.1) is 18.8 Å². The van der Waals surface area contributed by atoms with Gasteiger partial charge >= 0.3 is 0 Å². The summed E-state index contributed by atoms with van der Waals surface area (Å²) in [5.74, 6) is -0.154. The molecule has 1 unspecified atom stereocenters. The number of nitrogens with one attached hydrogen (secondary N) is 1. The van der Waals surface area contributed by atoms with Crippen molar-refractivity contribution in [1.82, 2.24) is 0 Å². The molecule has 5 heteroatoms. The van der Waals surface area contributed by atoms with Gasteiger partial charge in [-0.15, -0.1) is 0 Å². The number of rotatable bonds is 4. The van der Waals surface area contributed by atoms with Gasteiger partial charge in [0.25, 0.3) is 0 Å². The number of hydrogen-bond donors (Lipinski definition) is 2. The fourth-order valence-electron chi connectivity index (χ4n) is 2.01. The van der Waals surface area contributed by atoms with Crippen LogP contribution >= 0.6 is 0 Å². The van der Waals surface area contributed by atoms with E-state index in [2.05, 4.69) is 10.2 Å². The number of benzene rings is 1. The normalized spacial score (nSPS) is 18.4. The molecule has 0 saturated carbocycles. The van der Waals surface area contributed by atoms with Crippen LogP contribution in [0, 0.1) is 0 Å². The van der Waals surface area contributed by atoms with Gasteiger partial charge in [0.15, 0.2) is 0 Å². The lowest BCUT2D eigenvalue weighted by atomic mass is 9.99. The van der Waals surface area contributed by atoms with Crippen molar-refractivity contribution in [2.24, 2.45) is 5.73 Å². The number of ether oxygens (including phenoxy) is 1. The van der Waals surface area contributed by atoms with Gasteiger partial charge in [-0.3, -0.25) is 4.79 Å². The van der Waals surface area contributed by atoms with E-state index in [1.165, 1.54) is 0 Å². The molecule has 1 saturated heterocycles. The van der Waals surface area contributed by atoms with Gasteiger partial charge in [0.2, 0.25) is 5.91 Å². The molecule has 20 heavy (non-hydrogen) atoms. The highest BCUT2D eigenvalue weighted by molar-refractivity contribution is 5.97. The highest BCUT2D eigenvalue weighted by atomic mass is 16.5. The summed E-state index contributed by atoms with van der Waals surface area (Å²) in [6.07, 6.45) is 0.602. The van der Waals surface area contributed by atoms with Crippen molar-refractivity contribution in [3.8, 4) is 0 Å². The predicted octanol–water partition coefficient (Wildman–Crippen LogP) is 1.59. The van der Waals surface area contributed by atoms with Crippen LogP contribution < -0.4 is 16.0 Å². The lowest BCUT2D eigenvalue weighted by Crippen LogP contribution is -2.47. The second-order valence-corrected chi connectivity index (χ2v) is 5.37. The molecule has 0 radical (unpaired) electrons. The fourth-order valence-corrected chi connectivity index (χ4v) is 2.01. The maximum atomic E-state index is 12.0. The number of nitrogens with two attached hydrogens (primary N) is 1. The molecule has 2 rings (SSSR count). The number of carbonyl (C=O) groups is 1. The first-order chi connectivity index (χ1) is 9.53. The predicted molar refractivity (Wildman–Crippen MR) is 81.0 cm³/mol. The van der Waals surface area contributed by atoms with E-state index >= 15 is 0 Å². The number of morpholine rings is 1. The highest BCUT2D eigenvalue weighted by Gasteiger charge is 2.25. The second-order valence-electron chi connectivity index (χ2n) is 5.37. The van der Waals surface area contributed by atoms with Crippen LogP contribution in [0.2, 0.25) is 0 Å². The Morgan fingerprint density at radius 1 is 1.35 bits per heavy atom. The van der Waals surface area contributed by atoms with Gasteiger partial charge < -0.3 is 20.7 Å². The van der Waals surface area contributed by atoms with Crippen LogP contribution in [0.5, 0.6) is 0 Å². The van der Waals surface area contributed by atoms with Crippen molar-refractivity contribution in [2.75, 3.05) is 36.5 Å². The number of nitrogens with zero attached hydrogens (tertiary/aromatic N) is 1. The Balaban J connectivity index is 1.99. The van der Waals surface area contributed by atoms with Crippen molar-refractivity contribution >= 4 is 17.3 Å². The quantitative estimate of drug-likeness (QED) is 0.877. The molecular weight excluding hydrogens is 254 g/mol. The minimum absolute atomic E-state index is 0.154. The Hall–Kier alpha value is -1.59. The van der Waals surface area contributed by atoms with E-state index in [-0.39, 0.29) is 5.91 Å². The summed E-state index contributed by atoms with van der Waals surface area (Å²) in [5, 5.41) is 2.86. The molecule has 0 aromatic heterocycles. The summed E-state index contributed by atoms with van der Waals surface area (Å²) in [6, 6.07) is 7.85. The largest absolute Gasteiger partial charge is 0.378 e. The molecule has 0 spiro atoms. The maximum absolute atomic E-state index is 12.0. The molecule has 1 atom stereocenters. The topological polar surface area (TPSA) is 67.6 Å². The van der Waals surface area contributed by atoms with E-state index < -0.39 is 5.54 Å². The van der Waals surface area contributed by atoms with Crippen LogP contribution in [0.15, 0.2) is 24.3 Å². The average Bonchev–Trinajstić information content (AvgIpc) is 2.49. The Bertz CT molecular complexity index is 451. The smallest absolute Gasteiger partial charge is 0.244 e. The first-order valence-corrected chi connectivity index (χ1v) is 7.06. The van der Waals surface area contributed by atoms with Crippen LogP contribution in [-0.2, 0) is 9.53 Å². The van der Waals surface area contributed by atoms with Crippen molar-refractivity contribution in [1.29, 1.82) is 0 Å². The first kappa shape index (κ1) is 14.8. The lowest BCUT2D eigenvalue weighted by Gasteiger charge is -2.29. The fraction of sp³-hybridized carbons (Fsp3) is 0.533. The molecule has 1 aliphatic heterocycles. The Labute approximate surface area is 120 Å². The molecule has 1 aromatic rings. The zero-order chi connectivity index (χ0) is 14.6. The molecule has 1 amide bonds.